The van der Waals surface area contributed by atoms with E-state index in [9.17, 15) is 14.7 Å². The van der Waals surface area contributed by atoms with E-state index in [1.807, 2.05) is 18.2 Å². The number of hydrogen-bond acceptors (Lipinski definition) is 3. The highest BCUT2D eigenvalue weighted by molar-refractivity contribution is 6.03. The molecular weight excluding hydrogens is 423 g/mol. The Hall–Kier alpha value is -4.39. The SMILES string of the molecule is COC(=O)c1[nH]c2ccccc2c1C(c1ccccc1F)c1c(C(=O)O)[nH]c2ccccc12. The molecule has 3 aromatic carbocycles. The molecule has 0 saturated heterocycles. The van der Waals surface area contributed by atoms with Crippen molar-refractivity contribution in [2.24, 2.45) is 0 Å². The van der Waals surface area contributed by atoms with E-state index in [-0.39, 0.29) is 17.0 Å². The van der Waals surface area contributed by atoms with Crippen LogP contribution in [0.15, 0.2) is 72.8 Å². The summed E-state index contributed by atoms with van der Waals surface area (Å²) in [6, 6.07) is 20.6. The fraction of sp³-hybridized carbons (Fsp3) is 0.0769. The zero-order valence-corrected chi connectivity index (χ0v) is 17.6. The van der Waals surface area contributed by atoms with Crippen molar-refractivity contribution in [3.63, 3.8) is 0 Å². The number of fused-ring (bicyclic) bond motifs is 2. The van der Waals surface area contributed by atoms with E-state index >= 15 is 4.39 Å². The number of carboxylic acid groups (broad SMARTS) is 1. The number of methoxy groups -OCH3 is 1. The van der Waals surface area contributed by atoms with Crippen molar-refractivity contribution in [3.8, 4) is 0 Å². The van der Waals surface area contributed by atoms with E-state index in [2.05, 4.69) is 9.97 Å². The quantitative estimate of drug-likeness (QED) is 0.315. The number of carbonyl (C=O) groups excluding carboxylic acids is 1. The highest BCUT2D eigenvalue weighted by Crippen LogP contribution is 2.43. The van der Waals surface area contributed by atoms with E-state index < -0.39 is 23.7 Å². The molecule has 3 N–H and O–H groups in total. The van der Waals surface area contributed by atoms with Crippen molar-refractivity contribution >= 4 is 33.7 Å². The smallest absolute Gasteiger partial charge is 0.354 e. The molecule has 2 aromatic heterocycles. The average molecular weight is 442 g/mol. The molecule has 0 amide bonds. The molecule has 33 heavy (non-hydrogen) atoms. The number of rotatable bonds is 5. The summed E-state index contributed by atoms with van der Waals surface area (Å²) in [7, 11) is 1.27. The lowest BCUT2D eigenvalue weighted by molar-refractivity contribution is 0.0593. The summed E-state index contributed by atoms with van der Waals surface area (Å²) >= 11 is 0. The monoisotopic (exact) mass is 442 g/mol. The average Bonchev–Trinajstić information content (AvgIpc) is 3.40. The van der Waals surface area contributed by atoms with Gasteiger partial charge in [0.15, 0.2) is 0 Å². The van der Waals surface area contributed by atoms with Gasteiger partial charge in [0.1, 0.15) is 17.2 Å². The molecular formula is C26H19FN2O4. The van der Waals surface area contributed by atoms with Gasteiger partial charge >= 0.3 is 11.9 Å². The van der Waals surface area contributed by atoms with Crippen LogP contribution in [0.1, 0.15) is 43.6 Å². The summed E-state index contributed by atoms with van der Waals surface area (Å²) in [6.45, 7) is 0. The third-order valence-electron chi connectivity index (χ3n) is 5.89. The molecule has 1 atom stereocenters. The van der Waals surface area contributed by atoms with Crippen molar-refractivity contribution in [3.05, 3.63) is 107 Å². The van der Waals surface area contributed by atoms with E-state index in [4.69, 9.17) is 4.74 Å². The highest BCUT2D eigenvalue weighted by atomic mass is 19.1. The van der Waals surface area contributed by atoms with Crippen LogP contribution < -0.4 is 0 Å². The maximum Gasteiger partial charge on any atom is 0.354 e. The zero-order chi connectivity index (χ0) is 23.1. The van der Waals surface area contributed by atoms with Gasteiger partial charge in [-0.3, -0.25) is 0 Å². The summed E-state index contributed by atoms with van der Waals surface area (Å²) in [5.41, 5.74) is 2.42. The molecule has 0 spiro atoms. The van der Waals surface area contributed by atoms with Crippen LogP contribution in [-0.2, 0) is 4.74 Å². The second kappa shape index (κ2) is 7.94. The van der Waals surface area contributed by atoms with Gasteiger partial charge in [-0.05, 0) is 23.8 Å². The third-order valence-corrected chi connectivity index (χ3v) is 5.89. The Morgan fingerprint density at radius 2 is 1.33 bits per heavy atom. The normalized spacial score (nSPS) is 12.2. The van der Waals surface area contributed by atoms with Crippen LogP contribution in [0.25, 0.3) is 21.8 Å². The molecule has 0 saturated carbocycles. The number of esters is 1. The van der Waals surface area contributed by atoms with Crippen LogP contribution in [-0.4, -0.2) is 34.1 Å². The second-order valence-corrected chi connectivity index (χ2v) is 7.67. The number of aromatic nitrogens is 2. The predicted octanol–water partition coefficient (Wildman–Crippen LogP) is 5.45. The third kappa shape index (κ3) is 3.25. The number of benzene rings is 3. The van der Waals surface area contributed by atoms with Crippen molar-refractivity contribution in [2.75, 3.05) is 7.11 Å². The van der Waals surface area contributed by atoms with Gasteiger partial charge in [0.2, 0.25) is 0 Å². The molecule has 6 nitrogen and oxygen atoms in total. The summed E-state index contributed by atoms with van der Waals surface area (Å²) in [4.78, 5) is 31.1. The first kappa shape index (κ1) is 20.5. The molecule has 0 bridgehead atoms. The molecule has 0 aliphatic heterocycles. The fourth-order valence-corrected chi connectivity index (χ4v) is 4.52. The van der Waals surface area contributed by atoms with Gasteiger partial charge in [0.25, 0.3) is 0 Å². The summed E-state index contributed by atoms with van der Waals surface area (Å²) in [6.07, 6.45) is 0. The van der Waals surface area contributed by atoms with E-state index in [1.54, 1.807) is 48.5 Å². The molecule has 2 heterocycles. The molecule has 0 aliphatic rings. The lowest BCUT2D eigenvalue weighted by atomic mass is 9.81. The Kier molecular flexibility index (Phi) is 4.94. The van der Waals surface area contributed by atoms with Crippen LogP contribution >= 0.6 is 0 Å². The standard InChI is InChI=1S/C26H19FN2O4/c1-33-26(32)24-22(16-10-4-7-13-19(16)29-24)20(14-8-2-5-11-17(14)27)21-15-9-3-6-12-18(15)28-23(21)25(30)31/h2-13,20,28-29H,1H3,(H,30,31). The number of ether oxygens (including phenoxy) is 1. The summed E-state index contributed by atoms with van der Waals surface area (Å²) < 4.78 is 20.3. The molecule has 0 fully saturated rings. The molecule has 0 radical (unpaired) electrons. The van der Waals surface area contributed by atoms with Gasteiger partial charge in [-0.15, -0.1) is 0 Å². The zero-order valence-electron chi connectivity index (χ0n) is 17.6. The Bertz CT molecular complexity index is 1530. The number of para-hydroxylation sites is 2. The lowest BCUT2D eigenvalue weighted by Gasteiger charge is -2.20. The number of nitrogens with one attached hydrogen (secondary N) is 2. The Balaban J connectivity index is 1.96. The largest absolute Gasteiger partial charge is 0.477 e. The number of H-pyrrole nitrogens is 2. The topological polar surface area (TPSA) is 95.2 Å². The number of aromatic carboxylic acids is 1. The fourth-order valence-electron chi connectivity index (χ4n) is 4.52. The Morgan fingerprint density at radius 1 is 0.818 bits per heavy atom. The van der Waals surface area contributed by atoms with Gasteiger partial charge in [-0.25, -0.2) is 14.0 Å². The van der Waals surface area contributed by atoms with Gasteiger partial charge < -0.3 is 19.8 Å². The van der Waals surface area contributed by atoms with Crippen molar-refractivity contribution in [1.82, 2.24) is 9.97 Å². The number of aromatic amines is 2. The molecule has 5 rings (SSSR count). The number of carbonyl (C=O) groups is 2. The minimum absolute atomic E-state index is 0.0643. The molecule has 7 heteroatoms. The minimum atomic E-state index is -1.18. The Morgan fingerprint density at radius 3 is 1.91 bits per heavy atom. The first-order chi connectivity index (χ1) is 16.0. The first-order valence-corrected chi connectivity index (χ1v) is 10.3. The maximum absolute atomic E-state index is 15.3. The number of carboxylic acids is 1. The summed E-state index contributed by atoms with van der Waals surface area (Å²) in [5, 5.41) is 11.3. The van der Waals surface area contributed by atoms with E-state index in [0.717, 1.165) is 0 Å². The van der Waals surface area contributed by atoms with Gasteiger partial charge in [0, 0.05) is 38.9 Å². The maximum atomic E-state index is 15.3. The van der Waals surface area contributed by atoms with Crippen molar-refractivity contribution in [2.45, 2.75) is 5.92 Å². The first-order valence-electron chi connectivity index (χ1n) is 10.3. The van der Waals surface area contributed by atoms with Crippen LogP contribution in [0.4, 0.5) is 4.39 Å². The van der Waals surface area contributed by atoms with Crippen LogP contribution in [0.5, 0.6) is 0 Å². The van der Waals surface area contributed by atoms with Gasteiger partial charge in [0.05, 0.1) is 7.11 Å². The van der Waals surface area contributed by atoms with Crippen molar-refractivity contribution < 1.29 is 23.8 Å². The number of hydrogen-bond donors (Lipinski definition) is 3. The van der Waals surface area contributed by atoms with Crippen LogP contribution in [0.2, 0.25) is 0 Å². The lowest BCUT2D eigenvalue weighted by Crippen LogP contribution is -2.14. The number of halogens is 1. The second-order valence-electron chi connectivity index (χ2n) is 7.67. The highest BCUT2D eigenvalue weighted by Gasteiger charge is 2.34. The van der Waals surface area contributed by atoms with Crippen LogP contribution in [0, 0.1) is 5.82 Å². The van der Waals surface area contributed by atoms with Crippen LogP contribution in [0.3, 0.4) is 0 Å². The van der Waals surface area contributed by atoms with Gasteiger partial charge in [-0.1, -0.05) is 54.6 Å². The van der Waals surface area contributed by atoms with E-state index in [1.165, 1.54) is 13.2 Å². The van der Waals surface area contributed by atoms with E-state index in [0.29, 0.717) is 32.9 Å². The minimum Gasteiger partial charge on any atom is -0.477 e. The molecule has 164 valence electrons. The van der Waals surface area contributed by atoms with Crippen molar-refractivity contribution in [1.29, 1.82) is 0 Å². The molecule has 1 unspecified atom stereocenters. The Labute approximate surface area is 187 Å². The predicted molar refractivity (Wildman–Crippen MR) is 122 cm³/mol. The molecule has 0 aliphatic carbocycles. The molecule has 5 aromatic rings. The van der Waals surface area contributed by atoms with Gasteiger partial charge in [-0.2, -0.15) is 0 Å². The summed E-state index contributed by atoms with van der Waals surface area (Å²) in [5.74, 6) is -3.22.